The maximum absolute atomic E-state index is 12.1. The summed E-state index contributed by atoms with van der Waals surface area (Å²) in [5, 5.41) is 3.75. The predicted octanol–water partition coefficient (Wildman–Crippen LogP) is 5.49. The minimum Gasteiger partial charge on any atom is -0.459 e. The van der Waals surface area contributed by atoms with Gasteiger partial charge in [-0.2, -0.15) is 0 Å². The molecular weight excluding hydrogens is 688 g/mol. The third kappa shape index (κ3) is 10.6. The molecule has 4 aliphatic rings. The number of fused-ring (bicyclic) bond motifs is 4. The molecule has 268 valence electrons. The van der Waals surface area contributed by atoms with Crippen molar-refractivity contribution in [3.05, 3.63) is 58.7 Å². The van der Waals surface area contributed by atoms with Crippen LogP contribution in [-0.2, 0) is 19.1 Å². The highest BCUT2D eigenvalue weighted by atomic mass is 79.9. The zero-order valence-corrected chi connectivity index (χ0v) is 31.8. The number of hydrogen-bond donors (Lipinski definition) is 1. The number of ether oxygens (including phenoxy) is 2. The van der Waals surface area contributed by atoms with E-state index < -0.39 is 5.60 Å². The highest BCUT2D eigenvalue weighted by Gasteiger charge is 2.44. The fourth-order valence-electron chi connectivity index (χ4n) is 7.01. The Hall–Kier alpha value is -3.28. The van der Waals surface area contributed by atoms with Crippen molar-refractivity contribution in [1.82, 2.24) is 10.2 Å². The van der Waals surface area contributed by atoms with Gasteiger partial charge in [-0.3, -0.25) is 24.1 Å². The van der Waals surface area contributed by atoms with Gasteiger partial charge in [0, 0.05) is 72.8 Å². The van der Waals surface area contributed by atoms with Gasteiger partial charge in [-0.25, -0.2) is 0 Å². The van der Waals surface area contributed by atoms with Crippen molar-refractivity contribution in [2.24, 2.45) is 0 Å². The van der Waals surface area contributed by atoms with Gasteiger partial charge in [-0.15, -0.1) is 0 Å². The Morgan fingerprint density at radius 3 is 1.69 bits per heavy atom. The average molecular weight is 742 g/mol. The summed E-state index contributed by atoms with van der Waals surface area (Å²) in [6.45, 7) is 19.4. The number of carbonyl (C=O) groups is 4. The lowest BCUT2D eigenvalue weighted by Crippen LogP contribution is -2.49. The summed E-state index contributed by atoms with van der Waals surface area (Å²) in [7, 11) is 0. The molecule has 4 atom stereocenters. The van der Waals surface area contributed by atoms with Crippen molar-refractivity contribution in [2.75, 3.05) is 47.9 Å². The van der Waals surface area contributed by atoms with Crippen LogP contribution in [0.15, 0.2) is 36.4 Å². The number of esters is 2. The number of benzene rings is 2. The molecule has 4 aliphatic heterocycles. The Bertz CT molecular complexity index is 1500. The third-order valence-electron chi connectivity index (χ3n) is 8.94. The lowest BCUT2D eigenvalue weighted by Gasteiger charge is -2.36. The van der Waals surface area contributed by atoms with Crippen molar-refractivity contribution >= 4 is 51.8 Å². The number of aryl methyl sites for hydroxylation is 2. The maximum Gasteiger partial charge on any atom is 0.320 e. The van der Waals surface area contributed by atoms with E-state index in [2.05, 4.69) is 55.0 Å². The zero-order chi connectivity index (χ0) is 36.1. The second-order valence-corrected chi connectivity index (χ2v) is 16.0. The Morgan fingerprint density at radius 2 is 1.31 bits per heavy atom. The molecule has 4 unspecified atom stereocenters. The minimum absolute atomic E-state index is 0.161. The number of nitrogens with one attached hydrogen (secondary N) is 1. The summed E-state index contributed by atoms with van der Waals surface area (Å²) >= 11 is 2.99. The van der Waals surface area contributed by atoms with E-state index >= 15 is 0 Å². The molecule has 6 rings (SSSR count). The SMILES string of the molecule is CC(C)(C)OC(=O)CBr.Cc1ccc(C=O)c(N2CC3CC2CN3)c1.Cc1ccc(C=O)c(N2CC3CC2CN3CC(=O)OC(C)(C)C)c1. The van der Waals surface area contributed by atoms with Crippen LogP contribution in [0.3, 0.4) is 0 Å². The number of anilines is 2. The van der Waals surface area contributed by atoms with Crippen molar-refractivity contribution in [3.8, 4) is 0 Å². The number of alkyl halides is 1. The van der Waals surface area contributed by atoms with Gasteiger partial charge in [0.1, 0.15) is 16.5 Å². The molecular formula is C38H53BrN4O6. The first-order valence-electron chi connectivity index (χ1n) is 17.1. The monoisotopic (exact) mass is 740 g/mol. The number of halogens is 1. The molecule has 2 aromatic rings. The van der Waals surface area contributed by atoms with Crippen molar-refractivity contribution in [3.63, 3.8) is 0 Å². The van der Waals surface area contributed by atoms with Crippen LogP contribution in [0.5, 0.6) is 0 Å². The Kier molecular flexibility index (Phi) is 12.7. The number of likely N-dealkylation sites (tertiary alicyclic amines) is 1. The number of nitrogens with zero attached hydrogens (tertiary/aromatic N) is 3. The van der Waals surface area contributed by atoms with Gasteiger partial charge in [0.25, 0.3) is 0 Å². The molecule has 0 radical (unpaired) electrons. The van der Waals surface area contributed by atoms with Gasteiger partial charge >= 0.3 is 11.9 Å². The number of rotatable bonds is 7. The molecule has 0 aliphatic carbocycles. The first-order valence-corrected chi connectivity index (χ1v) is 18.2. The average Bonchev–Trinajstić information content (AvgIpc) is 3.82. The molecule has 4 fully saturated rings. The van der Waals surface area contributed by atoms with Gasteiger partial charge in [-0.1, -0.05) is 28.1 Å². The zero-order valence-electron chi connectivity index (χ0n) is 30.3. The van der Waals surface area contributed by atoms with Crippen LogP contribution in [0, 0.1) is 13.8 Å². The topological polar surface area (TPSA) is 108 Å². The van der Waals surface area contributed by atoms with Crippen LogP contribution >= 0.6 is 15.9 Å². The van der Waals surface area contributed by atoms with E-state index in [0.29, 0.717) is 30.7 Å². The van der Waals surface area contributed by atoms with Crippen LogP contribution < -0.4 is 15.1 Å². The van der Waals surface area contributed by atoms with E-state index in [9.17, 15) is 19.2 Å². The molecule has 4 saturated heterocycles. The molecule has 4 bridgehead atoms. The first-order chi connectivity index (χ1) is 23.0. The van der Waals surface area contributed by atoms with Gasteiger partial charge < -0.3 is 24.6 Å². The highest BCUT2D eigenvalue weighted by molar-refractivity contribution is 9.09. The minimum atomic E-state index is -0.442. The summed E-state index contributed by atoms with van der Waals surface area (Å²) in [5.74, 6) is -0.381. The van der Waals surface area contributed by atoms with Crippen molar-refractivity contribution in [1.29, 1.82) is 0 Å². The molecule has 0 amide bonds. The number of hydrogen-bond acceptors (Lipinski definition) is 10. The Balaban J connectivity index is 0.000000186. The molecule has 0 aromatic heterocycles. The molecule has 4 heterocycles. The van der Waals surface area contributed by atoms with Crippen LogP contribution in [0.4, 0.5) is 11.4 Å². The summed E-state index contributed by atoms with van der Waals surface area (Å²) in [4.78, 5) is 52.0. The van der Waals surface area contributed by atoms with Crippen molar-refractivity contribution in [2.45, 2.75) is 104 Å². The van der Waals surface area contributed by atoms with E-state index in [1.807, 2.05) is 72.7 Å². The lowest BCUT2D eigenvalue weighted by molar-refractivity contribution is -0.156. The van der Waals surface area contributed by atoms with E-state index in [0.717, 1.165) is 73.2 Å². The van der Waals surface area contributed by atoms with E-state index in [1.165, 1.54) is 12.0 Å². The van der Waals surface area contributed by atoms with Gasteiger partial charge in [-0.05, 0) is 104 Å². The summed E-state index contributed by atoms with van der Waals surface area (Å²) in [6.07, 6.45) is 4.15. The van der Waals surface area contributed by atoms with E-state index in [4.69, 9.17) is 9.47 Å². The Labute approximate surface area is 300 Å². The fraction of sp³-hybridized carbons (Fsp3) is 0.579. The molecule has 49 heavy (non-hydrogen) atoms. The normalized spacial score (nSPS) is 22.6. The van der Waals surface area contributed by atoms with E-state index in [1.54, 1.807) is 0 Å². The molecule has 2 aromatic carbocycles. The van der Waals surface area contributed by atoms with Crippen LogP contribution in [-0.4, -0.2) is 103 Å². The second kappa shape index (κ2) is 16.2. The molecule has 10 nitrogen and oxygen atoms in total. The fourth-order valence-corrected chi connectivity index (χ4v) is 7.12. The molecule has 0 saturated carbocycles. The summed E-state index contributed by atoms with van der Waals surface area (Å²) in [5.41, 5.74) is 5.27. The quantitative estimate of drug-likeness (QED) is 0.222. The third-order valence-corrected chi connectivity index (χ3v) is 9.39. The van der Waals surface area contributed by atoms with Gasteiger partial charge in [0.15, 0.2) is 12.6 Å². The van der Waals surface area contributed by atoms with Crippen LogP contribution in [0.25, 0.3) is 0 Å². The van der Waals surface area contributed by atoms with E-state index in [-0.39, 0.29) is 22.9 Å². The predicted molar refractivity (Wildman–Crippen MR) is 197 cm³/mol. The molecule has 0 spiro atoms. The summed E-state index contributed by atoms with van der Waals surface area (Å²) in [6, 6.07) is 13.9. The number of aldehydes is 2. The second-order valence-electron chi connectivity index (χ2n) is 15.4. The van der Waals surface area contributed by atoms with Crippen LogP contribution in [0.1, 0.15) is 86.2 Å². The molecule has 11 heteroatoms. The highest BCUT2D eigenvalue weighted by Crippen LogP contribution is 2.36. The Morgan fingerprint density at radius 1 is 0.776 bits per heavy atom. The smallest absolute Gasteiger partial charge is 0.320 e. The number of piperazine rings is 2. The maximum atomic E-state index is 12.1. The van der Waals surface area contributed by atoms with Gasteiger partial charge in [0.2, 0.25) is 0 Å². The lowest BCUT2D eigenvalue weighted by atomic mass is 10.1. The largest absolute Gasteiger partial charge is 0.459 e. The first kappa shape index (κ1) is 38.5. The summed E-state index contributed by atoms with van der Waals surface area (Å²) < 4.78 is 10.3. The molecule has 1 N–H and O–H groups in total. The van der Waals surface area contributed by atoms with Crippen LogP contribution in [0.2, 0.25) is 0 Å². The standard InChI is InChI=1S/C19H26N2O3.C13H16N2O.C6H11BrO2/c1-13-5-6-14(12-22)17(7-13)21-10-15-8-16(21)9-20(15)11-18(23)24-19(2,3)4;1-9-2-3-10(8-16)13(4-9)15-7-11-5-12(15)6-14-11;1-6(2,3)9-5(8)4-7/h5-7,12,15-16H,8-11H2,1-4H3;2-4,8,11-12,14H,5-7H2,1H3;4H2,1-3H3. The van der Waals surface area contributed by atoms with Gasteiger partial charge in [0.05, 0.1) is 6.54 Å². The number of carbonyl (C=O) groups excluding carboxylic acids is 4. The van der Waals surface area contributed by atoms with Crippen molar-refractivity contribution < 1.29 is 28.7 Å².